The molecule has 0 fully saturated rings. The molecule has 0 spiro atoms. The van der Waals surface area contributed by atoms with Crippen molar-refractivity contribution in [1.29, 1.82) is 0 Å². The lowest BCUT2D eigenvalue weighted by Crippen LogP contribution is -2.03. The van der Waals surface area contributed by atoms with Crippen LogP contribution in [0.15, 0.2) is 54.6 Å². The summed E-state index contributed by atoms with van der Waals surface area (Å²) in [5.41, 5.74) is 0.923. The molecule has 0 saturated heterocycles. The van der Waals surface area contributed by atoms with E-state index in [2.05, 4.69) is 6.92 Å². The van der Waals surface area contributed by atoms with Crippen molar-refractivity contribution in [3.8, 4) is 17.2 Å². The van der Waals surface area contributed by atoms with Gasteiger partial charge in [-0.3, -0.25) is 0 Å². The highest BCUT2D eigenvalue weighted by molar-refractivity contribution is 5.88. The van der Waals surface area contributed by atoms with Crippen LogP contribution in [0.3, 0.4) is 0 Å². The highest BCUT2D eigenvalue weighted by Gasteiger charge is 2.02. The van der Waals surface area contributed by atoms with Crippen LogP contribution >= 0.6 is 0 Å². The summed E-state index contributed by atoms with van der Waals surface area (Å²) in [5.74, 6) is 1.65. The average molecular weight is 523 g/mol. The quantitative estimate of drug-likeness (QED) is 0.0668. The molecule has 2 rings (SSSR count). The predicted molar refractivity (Wildman–Crippen MR) is 159 cm³/mol. The van der Waals surface area contributed by atoms with Gasteiger partial charge in [0.2, 0.25) is 0 Å². The van der Waals surface area contributed by atoms with Gasteiger partial charge in [-0.2, -0.15) is 0 Å². The molecule has 0 unspecified atom stereocenters. The Morgan fingerprint density at radius 3 is 1.55 bits per heavy atom. The summed E-state index contributed by atoms with van der Waals surface area (Å²) in [6.07, 6.45) is 25.1. The van der Waals surface area contributed by atoms with Gasteiger partial charge in [-0.25, -0.2) is 4.79 Å². The first kappa shape index (κ1) is 31.5. The van der Waals surface area contributed by atoms with Crippen molar-refractivity contribution in [3.05, 3.63) is 60.2 Å². The molecule has 0 radical (unpaired) electrons. The molecule has 4 nitrogen and oxygen atoms in total. The summed E-state index contributed by atoms with van der Waals surface area (Å²) >= 11 is 0. The van der Waals surface area contributed by atoms with Crippen molar-refractivity contribution in [2.45, 2.75) is 110 Å². The van der Waals surface area contributed by atoms with Crippen LogP contribution in [0.2, 0.25) is 0 Å². The van der Waals surface area contributed by atoms with Gasteiger partial charge < -0.3 is 14.2 Å². The molecule has 0 amide bonds. The molecule has 0 bridgehead atoms. The molecule has 38 heavy (non-hydrogen) atoms. The van der Waals surface area contributed by atoms with Crippen molar-refractivity contribution in [1.82, 2.24) is 0 Å². The summed E-state index contributed by atoms with van der Waals surface area (Å²) < 4.78 is 16.3. The van der Waals surface area contributed by atoms with E-state index in [0.717, 1.165) is 30.1 Å². The van der Waals surface area contributed by atoms with Gasteiger partial charge in [0.05, 0.1) is 13.7 Å². The van der Waals surface area contributed by atoms with Gasteiger partial charge in [0.15, 0.2) is 0 Å². The minimum absolute atomic E-state index is 0.418. The Balaban J connectivity index is 1.43. The van der Waals surface area contributed by atoms with Gasteiger partial charge in [0.1, 0.15) is 17.2 Å². The van der Waals surface area contributed by atoms with E-state index in [1.54, 1.807) is 37.5 Å². The van der Waals surface area contributed by atoms with Crippen LogP contribution in [0.5, 0.6) is 17.2 Å². The first-order valence-electron chi connectivity index (χ1n) is 15.0. The second-order valence-corrected chi connectivity index (χ2v) is 10.2. The van der Waals surface area contributed by atoms with Crippen LogP contribution in [-0.4, -0.2) is 19.7 Å². The van der Waals surface area contributed by atoms with Crippen LogP contribution < -0.4 is 14.2 Å². The molecular formula is C34H50O4. The van der Waals surface area contributed by atoms with E-state index in [-0.39, 0.29) is 0 Å². The molecule has 0 saturated carbocycles. The Bertz CT molecular complexity index is 870. The SMILES string of the molecule is CCCCCCCCCCCCCCCCCCOc1ccc(/C=C/C(=O)Oc2ccc(OC)cc2)cc1. The van der Waals surface area contributed by atoms with E-state index in [4.69, 9.17) is 14.2 Å². The van der Waals surface area contributed by atoms with Crippen molar-refractivity contribution < 1.29 is 19.0 Å². The van der Waals surface area contributed by atoms with Crippen LogP contribution in [0.1, 0.15) is 115 Å². The largest absolute Gasteiger partial charge is 0.497 e. The standard InChI is InChI=1S/C34H50O4/c1-3-4-5-6-7-8-9-10-11-12-13-14-15-16-17-18-29-37-32-22-19-30(20-23-32)21-28-34(35)38-33-26-24-31(36-2)25-27-33/h19-28H,3-18,29H2,1-2H3/b28-21+. The fourth-order valence-corrected chi connectivity index (χ4v) is 4.47. The van der Waals surface area contributed by atoms with Gasteiger partial charge >= 0.3 is 5.97 Å². The zero-order valence-corrected chi connectivity index (χ0v) is 23.9. The van der Waals surface area contributed by atoms with E-state index in [1.165, 1.54) is 102 Å². The van der Waals surface area contributed by atoms with Gasteiger partial charge in [0, 0.05) is 6.08 Å². The predicted octanol–water partition coefficient (Wildman–Crippen LogP) is 9.95. The third-order valence-corrected chi connectivity index (χ3v) is 6.84. The van der Waals surface area contributed by atoms with Crippen molar-refractivity contribution in [2.75, 3.05) is 13.7 Å². The summed E-state index contributed by atoms with van der Waals surface area (Å²) in [6.45, 7) is 3.04. The lowest BCUT2D eigenvalue weighted by atomic mass is 10.0. The Morgan fingerprint density at radius 1 is 0.605 bits per heavy atom. The Labute approximate surface area is 231 Å². The molecule has 0 N–H and O–H groups in total. The zero-order valence-electron chi connectivity index (χ0n) is 23.9. The molecule has 0 atom stereocenters. The first-order chi connectivity index (χ1) is 18.7. The Morgan fingerprint density at radius 2 is 1.05 bits per heavy atom. The van der Waals surface area contributed by atoms with Crippen molar-refractivity contribution in [2.24, 2.45) is 0 Å². The minimum atomic E-state index is -0.418. The molecule has 4 heteroatoms. The van der Waals surface area contributed by atoms with Gasteiger partial charge in [-0.1, -0.05) is 115 Å². The highest BCUT2D eigenvalue weighted by Crippen LogP contribution is 2.18. The fraction of sp³-hybridized carbons (Fsp3) is 0.559. The number of benzene rings is 2. The third-order valence-electron chi connectivity index (χ3n) is 6.84. The maximum absolute atomic E-state index is 12.0. The second kappa shape index (κ2) is 21.2. The smallest absolute Gasteiger partial charge is 0.336 e. The lowest BCUT2D eigenvalue weighted by Gasteiger charge is -2.07. The molecule has 2 aromatic carbocycles. The van der Waals surface area contributed by atoms with Crippen LogP contribution in [0, 0.1) is 0 Å². The molecule has 0 aliphatic carbocycles. The summed E-state index contributed by atoms with van der Waals surface area (Å²) in [4.78, 5) is 12.0. The first-order valence-corrected chi connectivity index (χ1v) is 15.0. The van der Waals surface area contributed by atoms with Crippen LogP contribution in [0.25, 0.3) is 6.08 Å². The summed E-state index contributed by atoms with van der Waals surface area (Å²) in [6, 6.07) is 14.7. The van der Waals surface area contributed by atoms with Gasteiger partial charge in [-0.15, -0.1) is 0 Å². The van der Waals surface area contributed by atoms with E-state index >= 15 is 0 Å². The van der Waals surface area contributed by atoms with E-state index in [9.17, 15) is 4.79 Å². The van der Waals surface area contributed by atoms with E-state index in [0.29, 0.717) is 5.75 Å². The topological polar surface area (TPSA) is 44.8 Å². The number of rotatable bonds is 22. The molecule has 2 aromatic rings. The molecular weight excluding hydrogens is 472 g/mol. The molecule has 0 heterocycles. The normalized spacial score (nSPS) is 11.1. The van der Waals surface area contributed by atoms with Crippen molar-refractivity contribution >= 4 is 12.0 Å². The second-order valence-electron chi connectivity index (χ2n) is 10.2. The maximum Gasteiger partial charge on any atom is 0.336 e. The number of ether oxygens (including phenoxy) is 3. The van der Waals surface area contributed by atoms with Gasteiger partial charge in [0.25, 0.3) is 0 Å². The highest BCUT2D eigenvalue weighted by atomic mass is 16.5. The minimum Gasteiger partial charge on any atom is -0.497 e. The number of unbranched alkanes of at least 4 members (excludes halogenated alkanes) is 15. The lowest BCUT2D eigenvalue weighted by molar-refractivity contribution is -0.128. The number of methoxy groups -OCH3 is 1. The van der Waals surface area contributed by atoms with Crippen LogP contribution in [0.4, 0.5) is 0 Å². The average Bonchev–Trinajstić information content (AvgIpc) is 2.94. The summed E-state index contributed by atoms with van der Waals surface area (Å²) in [7, 11) is 1.60. The van der Waals surface area contributed by atoms with E-state index < -0.39 is 5.97 Å². The van der Waals surface area contributed by atoms with Crippen LogP contribution in [-0.2, 0) is 4.79 Å². The van der Waals surface area contributed by atoms with E-state index in [1.807, 2.05) is 24.3 Å². The number of esters is 1. The number of hydrogen-bond donors (Lipinski definition) is 0. The third kappa shape index (κ3) is 15.5. The zero-order chi connectivity index (χ0) is 27.1. The van der Waals surface area contributed by atoms with Crippen molar-refractivity contribution in [3.63, 3.8) is 0 Å². The Kier molecular flexibility index (Phi) is 17.6. The van der Waals surface area contributed by atoms with Gasteiger partial charge in [-0.05, 0) is 54.5 Å². The fourth-order valence-electron chi connectivity index (χ4n) is 4.47. The Hall–Kier alpha value is -2.75. The number of carbonyl (C=O) groups is 1. The number of hydrogen-bond acceptors (Lipinski definition) is 4. The molecule has 0 aliphatic heterocycles. The maximum atomic E-state index is 12.0. The number of carbonyl (C=O) groups excluding carboxylic acids is 1. The summed E-state index contributed by atoms with van der Waals surface area (Å²) in [5, 5.41) is 0. The molecule has 0 aliphatic rings. The monoisotopic (exact) mass is 522 g/mol. The molecule has 210 valence electrons. The molecule has 0 aromatic heterocycles.